The molecule has 0 bridgehead atoms. The summed E-state index contributed by atoms with van der Waals surface area (Å²) >= 11 is 1.04. The zero-order chi connectivity index (χ0) is 16.2. The number of anilines is 1. The minimum absolute atomic E-state index is 0.899. The predicted octanol–water partition coefficient (Wildman–Crippen LogP) is 4.13. The zero-order valence-electron chi connectivity index (χ0n) is 11.0. The van der Waals surface area contributed by atoms with Gasteiger partial charge in [0, 0.05) is 32.2 Å². The Kier molecular flexibility index (Phi) is 6.31. The van der Waals surface area contributed by atoms with Crippen molar-refractivity contribution < 1.29 is 22.0 Å². The second kappa shape index (κ2) is 7.53. The van der Waals surface area contributed by atoms with E-state index in [1.165, 1.54) is 5.69 Å². The number of pyridine rings is 1. The van der Waals surface area contributed by atoms with Crippen LogP contribution in [0, 0.1) is 32.7 Å². The van der Waals surface area contributed by atoms with E-state index in [2.05, 4.69) is 4.98 Å². The summed E-state index contributed by atoms with van der Waals surface area (Å²) in [5, 5.41) is 0. The first-order valence-electron chi connectivity index (χ1n) is 5.51. The zero-order valence-corrected chi connectivity index (χ0v) is 13.1. The highest BCUT2D eigenvalue weighted by atomic mass is 127. The van der Waals surface area contributed by atoms with E-state index in [-0.39, 0.29) is 0 Å². The van der Waals surface area contributed by atoms with Gasteiger partial charge in [0.05, 0.1) is 3.57 Å². The van der Waals surface area contributed by atoms with Gasteiger partial charge in [-0.3, -0.25) is 4.98 Å². The normalized spacial score (nSPS) is 9.90. The molecule has 0 aliphatic rings. The number of aromatic nitrogens is 1. The lowest BCUT2D eigenvalue weighted by Gasteiger charge is -2.10. The van der Waals surface area contributed by atoms with E-state index in [9.17, 15) is 22.0 Å². The van der Waals surface area contributed by atoms with Crippen LogP contribution in [0.25, 0.3) is 0 Å². The van der Waals surface area contributed by atoms with Crippen LogP contribution in [0.1, 0.15) is 0 Å². The summed E-state index contributed by atoms with van der Waals surface area (Å²) in [5.41, 5.74) is 1.19. The Morgan fingerprint density at radius 3 is 1.52 bits per heavy atom. The Labute approximate surface area is 131 Å². The summed E-state index contributed by atoms with van der Waals surface area (Å²) in [6.45, 7) is 0. The Morgan fingerprint density at radius 2 is 1.19 bits per heavy atom. The van der Waals surface area contributed by atoms with Crippen LogP contribution in [-0.2, 0) is 0 Å². The average Bonchev–Trinajstić information content (AvgIpc) is 2.50. The van der Waals surface area contributed by atoms with Crippen molar-refractivity contribution in [2.45, 2.75) is 0 Å². The third-order valence-corrected chi connectivity index (χ3v) is 3.28. The van der Waals surface area contributed by atoms with Crippen molar-refractivity contribution in [3.63, 3.8) is 0 Å². The average molecular weight is 416 g/mol. The van der Waals surface area contributed by atoms with E-state index in [1.807, 2.05) is 31.1 Å². The summed E-state index contributed by atoms with van der Waals surface area (Å²) < 4.78 is 60.6. The molecule has 0 radical (unpaired) electrons. The van der Waals surface area contributed by atoms with Gasteiger partial charge in [-0.1, -0.05) is 0 Å². The van der Waals surface area contributed by atoms with Crippen LogP contribution in [-0.4, -0.2) is 19.1 Å². The molecule has 1 aromatic carbocycles. The molecule has 21 heavy (non-hydrogen) atoms. The van der Waals surface area contributed by atoms with Crippen LogP contribution in [0.2, 0.25) is 0 Å². The van der Waals surface area contributed by atoms with Crippen molar-refractivity contribution in [1.29, 1.82) is 0 Å². The molecule has 0 spiro atoms. The lowest BCUT2D eigenvalue weighted by Crippen LogP contribution is -2.07. The van der Waals surface area contributed by atoms with Crippen LogP contribution >= 0.6 is 22.6 Å². The Balaban J connectivity index is 0.000000219. The van der Waals surface area contributed by atoms with Gasteiger partial charge < -0.3 is 4.90 Å². The van der Waals surface area contributed by atoms with E-state index in [4.69, 9.17) is 0 Å². The molecule has 0 aliphatic carbocycles. The lowest BCUT2D eigenvalue weighted by atomic mass is 10.3. The van der Waals surface area contributed by atoms with Gasteiger partial charge in [0.15, 0.2) is 23.3 Å². The number of hydrogen-bond acceptors (Lipinski definition) is 2. The number of halogens is 6. The minimum atomic E-state index is -2.13. The molecule has 0 unspecified atom stereocenters. The van der Waals surface area contributed by atoms with Crippen molar-refractivity contribution in [1.82, 2.24) is 4.98 Å². The van der Waals surface area contributed by atoms with Gasteiger partial charge in [0.25, 0.3) is 0 Å². The maximum atomic E-state index is 12.4. The second-order valence-electron chi connectivity index (χ2n) is 3.98. The summed E-state index contributed by atoms with van der Waals surface area (Å²) in [7, 11) is 4.02. The molecule has 0 N–H and O–H groups in total. The second-order valence-corrected chi connectivity index (χ2v) is 5.06. The van der Waals surface area contributed by atoms with Crippen LogP contribution in [0.4, 0.5) is 27.6 Å². The predicted molar refractivity (Wildman–Crippen MR) is 77.5 cm³/mol. The van der Waals surface area contributed by atoms with Crippen LogP contribution in [0.15, 0.2) is 24.5 Å². The smallest absolute Gasteiger partial charge is 0.200 e. The van der Waals surface area contributed by atoms with Crippen LogP contribution in [0.5, 0.6) is 0 Å². The number of nitrogens with zero attached hydrogens (tertiary/aromatic N) is 2. The van der Waals surface area contributed by atoms with Crippen molar-refractivity contribution >= 4 is 28.3 Å². The van der Waals surface area contributed by atoms with Crippen molar-refractivity contribution in [3.05, 3.63) is 57.2 Å². The summed E-state index contributed by atoms with van der Waals surface area (Å²) in [6, 6.07) is 3.94. The van der Waals surface area contributed by atoms with Gasteiger partial charge in [-0.25, -0.2) is 22.0 Å². The van der Waals surface area contributed by atoms with E-state index in [0.717, 1.165) is 22.6 Å². The third-order valence-electron chi connectivity index (χ3n) is 2.34. The van der Waals surface area contributed by atoms with Gasteiger partial charge in [0.2, 0.25) is 5.82 Å². The molecule has 2 rings (SSSR count). The van der Waals surface area contributed by atoms with Gasteiger partial charge in [-0.2, -0.15) is 0 Å². The molecular weight excluding hydrogens is 406 g/mol. The molecule has 0 fully saturated rings. The molecule has 0 saturated heterocycles. The Bertz CT molecular complexity index is 515. The molecule has 0 amide bonds. The third kappa shape index (κ3) is 4.26. The molecule has 0 atom stereocenters. The standard InChI is InChI=1S/C7H10N2.C6F5I/c1-9(2)7-3-5-8-6-4-7;7-1-2(8)4(10)6(12)5(11)3(1)9/h3-6H,1-2H3;. The fourth-order valence-corrected chi connectivity index (χ4v) is 1.69. The number of rotatable bonds is 1. The van der Waals surface area contributed by atoms with E-state index < -0.39 is 32.7 Å². The highest BCUT2D eigenvalue weighted by molar-refractivity contribution is 14.1. The number of hydrogen-bond donors (Lipinski definition) is 0. The Hall–Kier alpha value is -1.45. The molecule has 0 saturated carbocycles. The van der Waals surface area contributed by atoms with E-state index in [1.54, 1.807) is 12.4 Å². The minimum Gasteiger partial charge on any atom is -0.378 e. The topological polar surface area (TPSA) is 16.1 Å². The Morgan fingerprint density at radius 1 is 0.810 bits per heavy atom. The van der Waals surface area contributed by atoms with Crippen LogP contribution in [0.3, 0.4) is 0 Å². The van der Waals surface area contributed by atoms with E-state index in [0.29, 0.717) is 0 Å². The summed E-state index contributed by atoms with van der Waals surface area (Å²) in [4.78, 5) is 5.94. The fraction of sp³-hybridized carbons (Fsp3) is 0.154. The fourth-order valence-electron chi connectivity index (χ4n) is 1.22. The first kappa shape index (κ1) is 17.6. The molecular formula is C13H10F5IN2. The van der Waals surface area contributed by atoms with Gasteiger partial charge in [-0.15, -0.1) is 0 Å². The SMILES string of the molecule is CN(C)c1ccncc1.Fc1c(F)c(F)c(I)c(F)c1F. The molecule has 2 aromatic rings. The van der Waals surface area contributed by atoms with Gasteiger partial charge >= 0.3 is 0 Å². The molecule has 114 valence electrons. The number of benzene rings is 1. The van der Waals surface area contributed by atoms with Gasteiger partial charge in [-0.05, 0) is 34.7 Å². The maximum absolute atomic E-state index is 12.4. The van der Waals surface area contributed by atoms with Crippen molar-refractivity contribution in [3.8, 4) is 0 Å². The quantitative estimate of drug-likeness (QED) is 0.301. The molecule has 1 aromatic heterocycles. The highest BCUT2D eigenvalue weighted by Gasteiger charge is 2.23. The van der Waals surface area contributed by atoms with Crippen molar-refractivity contribution in [2.75, 3.05) is 19.0 Å². The summed E-state index contributed by atoms with van der Waals surface area (Å²) in [5.74, 6) is -9.57. The molecule has 2 nitrogen and oxygen atoms in total. The molecule has 8 heteroatoms. The first-order valence-corrected chi connectivity index (χ1v) is 6.59. The monoisotopic (exact) mass is 416 g/mol. The highest BCUT2D eigenvalue weighted by Crippen LogP contribution is 2.23. The first-order chi connectivity index (χ1) is 9.77. The van der Waals surface area contributed by atoms with Crippen LogP contribution < -0.4 is 4.90 Å². The van der Waals surface area contributed by atoms with Gasteiger partial charge in [0.1, 0.15) is 0 Å². The largest absolute Gasteiger partial charge is 0.378 e. The lowest BCUT2D eigenvalue weighted by molar-refractivity contribution is 0.373. The molecule has 0 aliphatic heterocycles. The maximum Gasteiger partial charge on any atom is 0.200 e. The summed E-state index contributed by atoms with van der Waals surface area (Å²) in [6.07, 6.45) is 3.57. The molecule has 1 heterocycles. The van der Waals surface area contributed by atoms with E-state index >= 15 is 0 Å². The van der Waals surface area contributed by atoms with Crippen molar-refractivity contribution in [2.24, 2.45) is 0 Å².